The number of rotatable bonds is 10. The first kappa shape index (κ1) is 60.7. The first-order valence-electron chi connectivity index (χ1n) is 19.9. The minimum atomic E-state index is -4.82. The summed E-state index contributed by atoms with van der Waals surface area (Å²) in [7, 11) is 0. The fourth-order valence-electron chi connectivity index (χ4n) is 6.00. The molecule has 3 atom stereocenters. The summed E-state index contributed by atoms with van der Waals surface area (Å²) in [5.74, 6) is 0. The third kappa shape index (κ3) is 16.0. The van der Waals surface area contributed by atoms with E-state index in [9.17, 15) is 39.5 Å². The minimum absolute atomic E-state index is 0.0354. The highest BCUT2D eigenvalue weighted by Gasteiger charge is 2.42. The SMILES string of the molecule is CC(N/N=C(/c1ncc(Cl)nc1Cl)C(F)(F)F)c1ccc(Cl)cc1Cl.CC(N/N=C(\c1ncc(Cl)nc1Cl)C(F)(F)F)c1ccc(Cl)cc1Cl.CC(c1ccc(Cl)cc1Cl)n1nc(C(F)(F)F)c2ncc(Cl)nc21. The van der Waals surface area contributed by atoms with Crippen LogP contribution in [0.5, 0.6) is 0 Å². The Morgan fingerprint density at radius 1 is 0.514 bits per heavy atom. The predicted molar refractivity (Wildman–Crippen MR) is 271 cm³/mol. The monoisotopic (exact) mass is 1250 g/mol. The Morgan fingerprint density at radius 2 is 0.878 bits per heavy atom. The van der Waals surface area contributed by atoms with Crippen LogP contribution >= 0.6 is 128 Å². The number of fused-ring (bicyclic) bond motifs is 1. The van der Waals surface area contributed by atoms with E-state index in [0.29, 0.717) is 46.8 Å². The lowest BCUT2D eigenvalue weighted by atomic mass is 10.1. The second-order valence-corrected chi connectivity index (χ2v) is 19.0. The maximum atomic E-state index is 13.3. The molecule has 3 unspecified atom stereocenters. The van der Waals surface area contributed by atoms with Gasteiger partial charge >= 0.3 is 18.5 Å². The van der Waals surface area contributed by atoms with Crippen molar-refractivity contribution < 1.29 is 39.5 Å². The second kappa shape index (κ2) is 25.3. The van der Waals surface area contributed by atoms with Crippen molar-refractivity contribution in [1.82, 2.24) is 50.5 Å². The van der Waals surface area contributed by atoms with E-state index >= 15 is 0 Å². The van der Waals surface area contributed by atoms with Crippen LogP contribution in [-0.4, -0.2) is 63.5 Å². The first-order valence-corrected chi connectivity index (χ1v) is 24.0. The number of hydrazone groups is 2. The Bertz CT molecular complexity index is 3080. The standard InChI is InChI=1S/2C14H9Cl4F3N4.C14H8Cl3F3N4/c2*1-6(8-3-2-7(15)4-9(8)16)24-25-12(14(19,20)21)11-13(18)23-10(17)5-22-11;1-6(8-3-2-7(15)4-9(8)16)24-13-11(21-5-10(17)22-13)12(23-24)14(18,19)20/h2*2-6,24H,1H3;2-6H,1H3/b25-12+;25-12-;. The molecule has 0 aliphatic rings. The van der Waals surface area contributed by atoms with Gasteiger partial charge in [-0.15, -0.1) is 0 Å². The molecule has 0 bridgehead atoms. The van der Waals surface area contributed by atoms with Gasteiger partial charge < -0.3 is 10.9 Å². The van der Waals surface area contributed by atoms with Gasteiger partial charge in [0.1, 0.15) is 32.4 Å². The molecule has 0 saturated heterocycles. The summed E-state index contributed by atoms with van der Waals surface area (Å²) in [6, 6.07) is 12.1. The number of nitrogens with zero attached hydrogens (tertiary/aromatic N) is 10. The summed E-state index contributed by atoms with van der Waals surface area (Å²) < 4.78 is 121. The quantitative estimate of drug-likeness (QED) is 0.0777. The zero-order valence-corrected chi connectivity index (χ0v) is 45.0. The maximum absolute atomic E-state index is 13.3. The van der Waals surface area contributed by atoms with Crippen molar-refractivity contribution in [1.29, 1.82) is 0 Å². The Morgan fingerprint density at radius 3 is 1.23 bits per heavy atom. The molecule has 0 aliphatic heterocycles. The number of hydrogen-bond donors (Lipinski definition) is 2. The molecule has 32 heteroatoms. The van der Waals surface area contributed by atoms with Crippen LogP contribution < -0.4 is 10.9 Å². The van der Waals surface area contributed by atoms with E-state index < -0.39 is 75.5 Å². The van der Waals surface area contributed by atoms with Crippen LogP contribution in [0.2, 0.25) is 55.9 Å². The molecule has 7 rings (SSSR count). The van der Waals surface area contributed by atoms with Gasteiger partial charge in [-0.05, 0) is 73.9 Å². The number of halogens is 20. The molecule has 3 aromatic carbocycles. The van der Waals surface area contributed by atoms with Crippen molar-refractivity contribution in [3.63, 3.8) is 0 Å². The van der Waals surface area contributed by atoms with E-state index in [0.717, 1.165) is 23.3 Å². The third-order valence-electron chi connectivity index (χ3n) is 9.41. The number of hydrogen-bond acceptors (Lipinski definition) is 11. The second-order valence-electron chi connectivity index (χ2n) is 14.6. The molecule has 0 spiro atoms. The van der Waals surface area contributed by atoms with Gasteiger partial charge in [0.2, 0.25) is 0 Å². The molecule has 4 aromatic heterocycles. The molecule has 4 heterocycles. The molecule has 394 valence electrons. The molecule has 0 radical (unpaired) electrons. The van der Waals surface area contributed by atoms with E-state index in [4.69, 9.17) is 128 Å². The molecular formula is C42H26Cl11F9N12. The van der Waals surface area contributed by atoms with Gasteiger partial charge in [-0.3, -0.25) is 0 Å². The molecule has 0 aliphatic carbocycles. The van der Waals surface area contributed by atoms with E-state index in [-0.39, 0.29) is 26.6 Å². The number of alkyl halides is 9. The van der Waals surface area contributed by atoms with Gasteiger partial charge in [-0.1, -0.05) is 146 Å². The van der Waals surface area contributed by atoms with Gasteiger partial charge in [0.15, 0.2) is 33.1 Å². The molecule has 0 amide bonds. The highest BCUT2D eigenvalue weighted by Crippen LogP contribution is 2.37. The fourth-order valence-corrected chi connectivity index (χ4v) is 8.65. The number of nitrogens with one attached hydrogen (secondary N) is 2. The van der Waals surface area contributed by atoms with Crippen LogP contribution in [0.1, 0.15) is 72.7 Å². The average molecular weight is 1260 g/mol. The largest absolute Gasteiger partial charge is 0.437 e. The van der Waals surface area contributed by atoms with Crippen molar-refractivity contribution in [2.24, 2.45) is 10.2 Å². The fraction of sp³-hybridized carbons (Fsp3) is 0.214. The number of benzene rings is 3. The summed E-state index contributed by atoms with van der Waals surface area (Å²) >= 11 is 64.0. The summed E-state index contributed by atoms with van der Waals surface area (Å²) in [5, 5.41) is 11.3. The Labute approximate surface area is 467 Å². The molecular weight excluding hydrogens is 1230 g/mol. The highest BCUT2D eigenvalue weighted by molar-refractivity contribution is 6.37. The van der Waals surface area contributed by atoms with Crippen molar-refractivity contribution in [3.05, 3.63) is 163 Å². The van der Waals surface area contributed by atoms with E-state index in [1.165, 1.54) is 18.2 Å². The van der Waals surface area contributed by atoms with Crippen LogP contribution in [0.3, 0.4) is 0 Å². The van der Waals surface area contributed by atoms with E-state index in [1.54, 1.807) is 57.2 Å². The van der Waals surface area contributed by atoms with E-state index in [1.807, 2.05) is 0 Å². The summed E-state index contributed by atoms with van der Waals surface area (Å²) in [6.07, 6.45) is -11.4. The van der Waals surface area contributed by atoms with Crippen LogP contribution in [0.25, 0.3) is 11.2 Å². The molecule has 2 N–H and O–H groups in total. The Balaban J connectivity index is 0.000000206. The molecule has 0 fully saturated rings. The lowest BCUT2D eigenvalue weighted by Gasteiger charge is -2.16. The van der Waals surface area contributed by atoms with Crippen LogP contribution in [0.4, 0.5) is 39.5 Å². The molecule has 7 aromatic rings. The van der Waals surface area contributed by atoms with Gasteiger partial charge in [0.05, 0.1) is 36.7 Å². The maximum Gasteiger partial charge on any atom is 0.437 e. The van der Waals surface area contributed by atoms with E-state index in [2.05, 4.69) is 56.1 Å². The van der Waals surface area contributed by atoms with Crippen molar-refractivity contribution in [2.45, 2.75) is 57.4 Å². The summed E-state index contributed by atoms with van der Waals surface area (Å²) in [5.41, 5.74) is 0.834. The molecule has 74 heavy (non-hydrogen) atoms. The molecule has 0 saturated carbocycles. The normalized spacial score (nSPS) is 13.6. The zero-order chi connectivity index (χ0) is 55.2. The molecule has 12 nitrogen and oxygen atoms in total. The van der Waals surface area contributed by atoms with Crippen LogP contribution in [0.15, 0.2) is 83.4 Å². The van der Waals surface area contributed by atoms with Gasteiger partial charge in [0.25, 0.3) is 0 Å². The average Bonchev–Trinajstić information content (AvgIpc) is 3.67. The predicted octanol–water partition coefficient (Wildman–Crippen LogP) is 16.8. The Kier molecular flexibility index (Phi) is 20.8. The van der Waals surface area contributed by atoms with Crippen LogP contribution in [0, 0.1) is 0 Å². The lowest BCUT2D eigenvalue weighted by Crippen LogP contribution is -2.29. The Hall–Kier alpha value is -4.13. The third-order valence-corrected chi connectivity index (χ3v) is 12.2. The van der Waals surface area contributed by atoms with Gasteiger partial charge in [-0.2, -0.15) is 54.8 Å². The lowest BCUT2D eigenvalue weighted by molar-refractivity contribution is -0.140. The zero-order valence-electron chi connectivity index (χ0n) is 36.7. The van der Waals surface area contributed by atoms with Crippen molar-refractivity contribution >= 4 is 150 Å². The van der Waals surface area contributed by atoms with Gasteiger partial charge in [-0.25, -0.2) is 34.6 Å². The minimum Gasteiger partial charge on any atom is -0.302 e. The summed E-state index contributed by atoms with van der Waals surface area (Å²) in [4.78, 5) is 21.9. The first-order chi connectivity index (χ1) is 34.4. The van der Waals surface area contributed by atoms with Crippen molar-refractivity contribution in [3.8, 4) is 0 Å². The smallest absolute Gasteiger partial charge is 0.302 e. The number of aromatic nitrogens is 8. The topological polar surface area (TPSA) is 144 Å². The van der Waals surface area contributed by atoms with Crippen LogP contribution in [-0.2, 0) is 6.18 Å². The van der Waals surface area contributed by atoms with Gasteiger partial charge in [0, 0.05) is 30.1 Å². The highest BCUT2D eigenvalue weighted by atomic mass is 35.5. The van der Waals surface area contributed by atoms with Crippen molar-refractivity contribution in [2.75, 3.05) is 0 Å². The summed E-state index contributed by atoms with van der Waals surface area (Å²) in [6.45, 7) is 4.81.